The van der Waals surface area contributed by atoms with E-state index in [-0.39, 0.29) is 11.9 Å². The summed E-state index contributed by atoms with van der Waals surface area (Å²) in [4.78, 5) is 33.9. The first kappa shape index (κ1) is 24.7. The average molecular weight is 566 g/mol. The Balaban J connectivity index is 1.28. The number of aromatic nitrogens is 5. The van der Waals surface area contributed by atoms with Crippen molar-refractivity contribution in [2.75, 3.05) is 16.1 Å². The molecule has 0 atom stereocenters. The Labute approximate surface area is 226 Å². The molecule has 0 spiro atoms. The second-order valence-corrected chi connectivity index (χ2v) is 8.76. The van der Waals surface area contributed by atoms with Gasteiger partial charge in [0.1, 0.15) is 12.0 Å². The van der Waals surface area contributed by atoms with E-state index in [1.165, 1.54) is 6.33 Å². The SMILES string of the molecule is O=C(Nc1ccc(/C=N/Nc2nc(Nc3ccccc3)nc(-c3ccncn3)n2)cc1)c1cccc(Br)c1. The third-order valence-electron chi connectivity index (χ3n) is 5.11. The van der Waals surface area contributed by atoms with Crippen LogP contribution in [0.15, 0.2) is 107 Å². The summed E-state index contributed by atoms with van der Waals surface area (Å²) in [5, 5.41) is 10.3. The van der Waals surface area contributed by atoms with Gasteiger partial charge in [0.2, 0.25) is 11.9 Å². The average Bonchev–Trinajstić information content (AvgIpc) is 2.95. The van der Waals surface area contributed by atoms with E-state index in [0.29, 0.717) is 28.7 Å². The second kappa shape index (κ2) is 11.8. The highest BCUT2D eigenvalue weighted by atomic mass is 79.9. The lowest BCUT2D eigenvalue weighted by atomic mass is 10.2. The molecule has 2 heterocycles. The van der Waals surface area contributed by atoms with E-state index in [1.54, 1.807) is 42.7 Å². The summed E-state index contributed by atoms with van der Waals surface area (Å²) in [5.74, 6) is 0.747. The molecule has 0 fully saturated rings. The van der Waals surface area contributed by atoms with Crippen molar-refractivity contribution in [2.24, 2.45) is 5.10 Å². The summed E-state index contributed by atoms with van der Waals surface area (Å²) in [6.07, 6.45) is 4.67. The number of carbonyl (C=O) groups is 1. The molecular weight excluding hydrogens is 546 g/mol. The van der Waals surface area contributed by atoms with Crippen LogP contribution in [0.2, 0.25) is 0 Å². The van der Waals surface area contributed by atoms with E-state index in [9.17, 15) is 4.79 Å². The van der Waals surface area contributed by atoms with Crippen LogP contribution in [0.1, 0.15) is 15.9 Å². The minimum Gasteiger partial charge on any atom is -0.324 e. The van der Waals surface area contributed by atoms with Crippen molar-refractivity contribution in [3.05, 3.63) is 113 Å². The predicted molar refractivity (Wildman–Crippen MR) is 150 cm³/mol. The van der Waals surface area contributed by atoms with Crippen LogP contribution in [0.25, 0.3) is 11.5 Å². The van der Waals surface area contributed by atoms with Gasteiger partial charge in [-0.2, -0.15) is 20.1 Å². The number of hydrogen-bond acceptors (Lipinski definition) is 9. The van der Waals surface area contributed by atoms with Crippen LogP contribution in [0.5, 0.6) is 0 Å². The maximum atomic E-state index is 12.5. The molecule has 0 aliphatic carbocycles. The topological polar surface area (TPSA) is 130 Å². The van der Waals surface area contributed by atoms with Gasteiger partial charge in [0.05, 0.1) is 6.21 Å². The predicted octanol–water partition coefficient (Wildman–Crippen LogP) is 5.53. The lowest BCUT2D eigenvalue weighted by Crippen LogP contribution is -2.11. The van der Waals surface area contributed by atoms with E-state index >= 15 is 0 Å². The van der Waals surface area contributed by atoms with Gasteiger partial charge in [-0.05, 0) is 54.1 Å². The molecule has 38 heavy (non-hydrogen) atoms. The summed E-state index contributed by atoms with van der Waals surface area (Å²) >= 11 is 3.38. The van der Waals surface area contributed by atoms with Crippen LogP contribution in [0, 0.1) is 0 Å². The second-order valence-electron chi connectivity index (χ2n) is 7.85. The summed E-state index contributed by atoms with van der Waals surface area (Å²) in [7, 11) is 0. The fourth-order valence-electron chi connectivity index (χ4n) is 3.32. The molecule has 0 saturated heterocycles. The number of amides is 1. The largest absolute Gasteiger partial charge is 0.324 e. The van der Waals surface area contributed by atoms with Gasteiger partial charge in [0.15, 0.2) is 5.82 Å². The molecule has 186 valence electrons. The summed E-state index contributed by atoms with van der Waals surface area (Å²) in [6.45, 7) is 0. The highest BCUT2D eigenvalue weighted by Gasteiger charge is 2.10. The normalized spacial score (nSPS) is 10.8. The summed E-state index contributed by atoms with van der Waals surface area (Å²) in [5.41, 5.74) is 6.27. The number of carbonyl (C=O) groups excluding carboxylic acids is 1. The Morgan fingerprint density at radius 2 is 1.66 bits per heavy atom. The standard InChI is InChI=1S/C27H20BrN9O/c28-20-6-4-5-19(15-20)25(38)32-22-11-9-18(10-12-22)16-31-37-27-35-24(23-13-14-29-17-30-23)34-26(36-27)33-21-7-2-1-3-8-21/h1-17H,(H,32,38)(H2,33,34,35,36,37)/b31-16+. The maximum absolute atomic E-state index is 12.5. The quantitative estimate of drug-likeness (QED) is 0.165. The fraction of sp³-hybridized carbons (Fsp3) is 0. The number of para-hydroxylation sites is 1. The molecule has 0 aliphatic heterocycles. The molecule has 5 aromatic rings. The highest BCUT2D eigenvalue weighted by molar-refractivity contribution is 9.10. The van der Waals surface area contributed by atoms with Crippen molar-refractivity contribution >= 4 is 51.3 Å². The molecule has 11 heteroatoms. The first-order valence-corrected chi connectivity index (χ1v) is 12.2. The van der Waals surface area contributed by atoms with Gasteiger partial charge in [0.25, 0.3) is 5.91 Å². The zero-order chi connectivity index (χ0) is 26.2. The number of halogens is 1. The maximum Gasteiger partial charge on any atom is 0.255 e. The number of anilines is 4. The van der Waals surface area contributed by atoms with Gasteiger partial charge in [-0.3, -0.25) is 4.79 Å². The van der Waals surface area contributed by atoms with Gasteiger partial charge >= 0.3 is 0 Å². The number of rotatable bonds is 8. The van der Waals surface area contributed by atoms with Gasteiger partial charge in [-0.25, -0.2) is 15.4 Å². The van der Waals surface area contributed by atoms with Crippen molar-refractivity contribution in [1.29, 1.82) is 0 Å². The van der Waals surface area contributed by atoms with Crippen LogP contribution in [0.4, 0.5) is 23.3 Å². The first-order chi connectivity index (χ1) is 18.6. The van der Waals surface area contributed by atoms with Gasteiger partial charge in [0, 0.05) is 27.6 Å². The van der Waals surface area contributed by atoms with Crippen LogP contribution in [0.3, 0.4) is 0 Å². The number of benzene rings is 3. The Hall–Kier alpha value is -5.03. The van der Waals surface area contributed by atoms with Gasteiger partial charge in [-0.15, -0.1) is 0 Å². The molecule has 0 bridgehead atoms. The highest BCUT2D eigenvalue weighted by Crippen LogP contribution is 2.19. The molecule has 0 unspecified atom stereocenters. The molecule has 0 radical (unpaired) electrons. The molecular formula is C27H20BrN9O. The van der Waals surface area contributed by atoms with Crippen LogP contribution in [-0.4, -0.2) is 37.0 Å². The molecule has 10 nitrogen and oxygen atoms in total. The smallest absolute Gasteiger partial charge is 0.255 e. The third-order valence-corrected chi connectivity index (χ3v) is 5.60. The van der Waals surface area contributed by atoms with Crippen LogP contribution >= 0.6 is 15.9 Å². The monoisotopic (exact) mass is 565 g/mol. The Bertz CT molecular complexity index is 1560. The van der Waals surface area contributed by atoms with E-state index in [0.717, 1.165) is 15.7 Å². The molecule has 0 saturated carbocycles. The number of hydrazone groups is 1. The van der Waals surface area contributed by atoms with Gasteiger partial charge < -0.3 is 10.6 Å². The van der Waals surface area contributed by atoms with Gasteiger partial charge in [-0.1, -0.05) is 52.3 Å². The zero-order valence-electron chi connectivity index (χ0n) is 19.8. The van der Waals surface area contributed by atoms with Crippen molar-refractivity contribution < 1.29 is 4.79 Å². The number of nitrogens with zero attached hydrogens (tertiary/aromatic N) is 6. The third kappa shape index (κ3) is 6.59. The fourth-order valence-corrected chi connectivity index (χ4v) is 3.72. The molecule has 1 amide bonds. The van der Waals surface area contributed by atoms with E-state index in [4.69, 9.17) is 0 Å². The minimum atomic E-state index is -0.191. The Kier molecular flexibility index (Phi) is 7.66. The Morgan fingerprint density at radius 3 is 2.42 bits per heavy atom. The molecule has 3 aromatic carbocycles. The summed E-state index contributed by atoms with van der Waals surface area (Å²) in [6, 6.07) is 25.8. The van der Waals surface area contributed by atoms with Crippen LogP contribution < -0.4 is 16.1 Å². The molecule has 3 N–H and O–H groups in total. The summed E-state index contributed by atoms with van der Waals surface area (Å²) < 4.78 is 0.842. The van der Waals surface area contributed by atoms with Crippen molar-refractivity contribution in [1.82, 2.24) is 24.9 Å². The van der Waals surface area contributed by atoms with E-state index in [1.807, 2.05) is 54.6 Å². The first-order valence-electron chi connectivity index (χ1n) is 11.4. The van der Waals surface area contributed by atoms with E-state index < -0.39 is 0 Å². The minimum absolute atomic E-state index is 0.191. The Morgan fingerprint density at radius 1 is 0.842 bits per heavy atom. The van der Waals surface area contributed by atoms with E-state index in [2.05, 4.69) is 62.0 Å². The zero-order valence-corrected chi connectivity index (χ0v) is 21.4. The lowest BCUT2D eigenvalue weighted by molar-refractivity contribution is 0.102. The number of hydrogen-bond donors (Lipinski definition) is 3. The lowest BCUT2D eigenvalue weighted by Gasteiger charge is -2.08. The van der Waals surface area contributed by atoms with Crippen molar-refractivity contribution in [3.8, 4) is 11.5 Å². The molecule has 0 aliphatic rings. The molecule has 2 aromatic heterocycles. The van der Waals surface area contributed by atoms with Crippen molar-refractivity contribution in [2.45, 2.75) is 0 Å². The van der Waals surface area contributed by atoms with Crippen LogP contribution in [-0.2, 0) is 0 Å². The van der Waals surface area contributed by atoms with Crippen molar-refractivity contribution in [3.63, 3.8) is 0 Å². The molecule has 5 rings (SSSR count). The number of nitrogens with one attached hydrogen (secondary N) is 3.